The molecule has 0 spiro atoms. The van der Waals surface area contributed by atoms with Gasteiger partial charge in [-0.3, -0.25) is 0 Å². The Morgan fingerprint density at radius 2 is 1.33 bits per heavy atom. The van der Waals surface area contributed by atoms with Gasteiger partial charge in [0.15, 0.2) is 0 Å². The molecule has 0 saturated heterocycles. The molecule has 0 radical (unpaired) electrons. The van der Waals surface area contributed by atoms with Gasteiger partial charge in [-0.15, -0.1) is 0 Å². The number of carbonyl (C=O) groups excluding carboxylic acids is 4. The van der Waals surface area contributed by atoms with Crippen molar-refractivity contribution in [3.63, 3.8) is 0 Å². The van der Waals surface area contributed by atoms with Crippen molar-refractivity contribution in [2.45, 2.75) is 79.1 Å². The number of esters is 4. The van der Waals surface area contributed by atoms with Crippen LogP contribution in [0.25, 0.3) is 0 Å². The Morgan fingerprint density at radius 3 is 1.96 bits per heavy atom. The van der Waals surface area contributed by atoms with E-state index in [0.29, 0.717) is 108 Å². The first kappa shape index (κ1) is 36.9. The van der Waals surface area contributed by atoms with Crippen molar-refractivity contribution in [2.24, 2.45) is 82.3 Å². The number of fused-ring (bicyclic) bond motifs is 10. The topological polar surface area (TPSA) is 105 Å². The van der Waals surface area contributed by atoms with Crippen LogP contribution in [0, 0.1) is 82.3 Å². The summed E-state index contributed by atoms with van der Waals surface area (Å²) < 4.78 is 22.7. The fourth-order valence-corrected chi connectivity index (χ4v) is 12.2. The molecule has 0 heterocycles. The van der Waals surface area contributed by atoms with Gasteiger partial charge in [-0.05, 0) is 153 Å². The third kappa shape index (κ3) is 7.24. The molecule has 0 aliphatic heterocycles. The summed E-state index contributed by atoms with van der Waals surface area (Å²) in [6.07, 6.45) is 10.6. The fourth-order valence-electron chi connectivity index (χ4n) is 12.2. The van der Waals surface area contributed by atoms with Crippen molar-refractivity contribution in [1.29, 1.82) is 0 Å². The zero-order valence-electron chi connectivity index (χ0n) is 31.6. The molecule has 4 bridgehead atoms. The summed E-state index contributed by atoms with van der Waals surface area (Å²) in [4.78, 5) is 50.0. The normalized spacial score (nSPS) is 35.8. The highest BCUT2D eigenvalue weighted by molar-refractivity contribution is 5.95. The predicted octanol–water partition coefficient (Wildman–Crippen LogP) is 8.11. The van der Waals surface area contributed by atoms with Crippen LogP contribution in [0.4, 0.5) is 0 Å². The first-order chi connectivity index (χ1) is 24.8. The van der Waals surface area contributed by atoms with E-state index in [2.05, 4.69) is 33.9 Å². The maximum Gasteiger partial charge on any atom is 0.338 e. The molecule has 52 heavy (non-hydrogen) atoms. The van der Waals surface area contributed by atoms with E-state index in [0.717, 1.165) is 31.6 Å². The molecule has 6 fully saturated rings. The van der Waals surface area contributed by atoms with E-state index >= 15 is 0 Å². The number of rotatable bonds is 14. The molecule has 7 rings (SSSR count). The molecule has 10 unspecified atom stereocenters. The first-order valence-corrected chi connectivity index (χ1v) is 19.9. The molecule has 8 nitrogen and oxygen atoms in total. The van der Waals surface area contributed by atoms with Gasteiger partial charge in [-0.2, -0.15) is 0 Å². The van der Waals surface area contributed by atoms with E-state index in [1.165, 1.54) is 31.8 Å². The van der Waals surface area contributed by atoms with Crippen LogP contribution in [0.1, 0.15) is 99.8 Å². The lowest BCUT2D eigenvalue weighted by molar-refractivity contribution is -0.142. The average Bonchev–Trinajstić information content (AvgIpc) is 3.98. The third-order valence-electron chi connectivity index (χ3n) is 14.9. The summed E-state index contributed by atoms with van der Waals surface area (Å²) in [7, 11) is 0. The molecular formula is C44H58O8. The molecule has 6 aliphatic carbocycles. The van der Waals surface area contributed by atoms with Crippen molar-refractivity contribution >= 4 is 23.9 Å². The van der Waals surface area contributed by atoms with Crippen LogP contribution >= 0.6 is 0 Å². The molecule has 0 N–H and O–H groups in total. The van der Waals surface area contributed by atoms with Gasteiger partial charge in [0.25, 0.3) is 0 Å². The molecular weight excluding hydrogens is 656 g/mol. The predicted molar refractivity (Wildman–Crippen MR) is 196 cm³/mol. The molecule has 6 aliphatic rings. The molecule has 8 heteroatoms. The maximum absolute atomic E-state index is 13.2. The third-order valence-corrected chi connectivity index (χ3v) is 14.9. The fraction of sp³-hybridized carbons (Fsp3) is 0.682. The number of ether oxygens (including phenoxy) is 4. The Balaban J connectivity index is 0.856. The van der Waals surface area contributed by atoms with Crippen molar-refractivity contribution in [3.05, 3.63) is 60.2 Å². The van der Waals surface area contributed by atoms with Crippen LogP contribution in [0.5, 0.6) is 0 Å². The van der Waals surface area contributed by atoms with E-state index in [4.69, 9.17) is 18.9 Å². The highest BCUT2D eigenvalue weighted by Crippen LogP contribution is 2.65. The van der Waals surface area contributed by atoms with Crippen molar-refractivity contribution in [3.8, 4) is 0 Å². The van der Waals surface area contributed by atoms with Crippen LogP contribution in [0.15, 0.2) is 49.1 Å². The van der Waals surface area contributed by atoms with Crippen LogP contribution in [-0.4, -0.2) is 50.3 Å². The number of hydrogen-bond acceptors (Lipinski definition) is 8. The van der Waals surface area contributed by atoms with E-state index in [1.807, 2.05) is 0 Å². The van der Waals surface area contributed by atoms with Gasteiger partial charge in [0.1, 0.15) is 0 Å². The average molecular weight is 715 g/mol. The second-order valence-corrected chi connectivity index (χ2v) is 18.3. The Labute approximate surface area is 309 Å². The van der Waals surface area contributed by atoms with Crippen LogP contribution in [0.2, 0.25) is 0 Å². The lowest BCUT2D eigenvalue weighted by Crippen LogP contribution is -2.30. The largest absolute Gasteiger partial charge is 0.462 e. The molecule has 6 saturated carbocycles. The Kier molecular flexibility index (Phi) is 10.5. The summed E-state index contributed by atoms with van der Waals surface area (Å²) >= 11 is 0. The van der Waals surface area contributed by atoms with Gasteiger partial charge < -0.3 is 18.9 Å². The van der Waals surface area contributed by atoms with Gasteiger partial charge in [-0.25, -0.2) is 19.2 Å². The van der Waals surface area contributed by atoms with Crippen LogP contribution in [-0.2, 0) is 28.5 Å². The van der Waals surface area contributed by atoms with Crippen molar-refractivity contribution in [2.75, 3.05) is 26.4 Å². The number of carbonyl (C=O) groups is 4. The minimum absolute atomic E-state index is 0.0842. The monoisotopic (exact) mass is 714 g/mol. The van der Waals surface area contributed by atoms with E-state index in [9.17, 15) is 19.2 Å². The van der Waals surface area contributed by atoms with Crippen LogP contribution in [0.3, 0.4) is 0 Å². The molecule has 1 aromatic rings. The highest BCUT2D eigenvalue weighted by Gasteiger charge is 2.58. The lowest BCUT2D eigenvalue weighted by Gasteiger charge is -2.32. The van der Waals surface area contributed by atoms with E-state index in [1.54, 1.807) is 31.2 Å². The minimum atomic E-state index is -0.406. The molecule has 0 amide bonds. The number of benzene rings is 1. The maximum atomic E-state index is 13.2. The van der Waals surface area contributed by atoms with Crippen molar-refractivity contribution in [1.82, 2.24) is 0 Å². The Morgan fingerprint density at radius 1 is 0.769 bits per heavy atom. The quantitative estimate of drug-likeness (QED) is 0.108. The standard InChI is InChI=1S/C44H58O8/c1-7-40(45)52-23-44(5,6)33-18-37-30-13-32(36(17-30)39(37)19-33)22-51-43(48)27-10-8-9-26(11-27)42(47)49-20-25(4)28-14-34-29-12-31(21-50-41(46)24(2)3)35(16-29)38(34)15-28/h7-11,25,28-39H,1-2,12-23H2,3-6H3/t25?,28?,29-,30?,31?,32?,33?,34-,35?,36?,37-,38?,39?/m1/s1. The van der Waals surface area contributed by atoms with Gasteiger partial charge in [0.05, 0.1) is 37.6 Å². The van der Waals surface area contributed by atoms with Crippen molar-refractivity contribution < 1.29 is 38.1 Å². The highest BCUT2D eigenvalue weighted by atomic mass is 16.5. The first-order valence-electron chi connectivity index (χ1n) is 19.9. The lowest BCUT2D eigenvalue weighted by atomic mass is 9.75. The van der Waals surface area contributed by atoms with Gasteiger partial charge in [0.2, 0.25) is 0 Å². The van der Waals surface area contributed by atoms with Gasteiger partial charge >= 0.3 is 23.9 Å². The molecule has 282 valence electrons. The zero-order valence-corrected chi connectivity index (χ0v) is 31.6. The molecule has 13 atom stereocenters. The molecule has 0 aromatic heterocycles. The second kappa shape index (κ2) is 14.8. The summed E-state index contributed by atoms with van der Waals surface area (Å²) in [6.45, 7) is 17.2. The number of hydrogen-bond donors (Lipinski definition) is 0. The zero-order chi connectivity index (χ0) is 36.9. The Bertz CT molecular complexity index is 1580. The van der Waals surface area contributed by atoms with Gasteiger partial charge in [-0.1, -0.05) is 40.0 Å². The van der Waals surface area contributed by atoms with Crippen LogP contribution < -0.4 is 0 Å². The van der Waals surface area contributed by atoms with Gasteiger partial charge in [0, 0.05) is 17.1 Å². The van der Waals surface area contributed by atoms with E-state index < -0.39 is 11.9 Å². The Hall–Kier alpha value is -3.42. The summed E-state index contributed by atoms with van der Waals surface area (Å²) in [6, 6.07) is 6.74. The van der Waals surface area contributed by atoms with E-state index in [-0.39, 0.29) is 23.3 Å². The summed E-state index contributed by atoms with van der Waals surface area (Å²) in [5.74, 6) is 5.92. The summed E-state index contributed by atoms with van der Waals surface area (Å²) in [5, 5.41) is 0. The molecule has 1 aromatic carbocycles. The SMILES string of the molecule is C=CC(=O)OCC(C)(C)C1CC2C3CC(CC3COC(=O)c3cccc(C(=O)OCC(C)C4CC5C6C[C@@H](CC6COC(=O)C(=C)C)[C@H]5C4)c3)[C@H]2C1. The summed E-state index contributed by atoms with van der Waals surface area (Å²) in [5.41, 5.74) is 1.12. The second-order valence-electron chi connectivity index (χ2n) is 18.3. The minimum Gasteiger partial charge on any atom is -0.462 e. The smallest absolute Gasteiger partial charge is 0.338 e.